The van der Waals surface area contributed by atoms with Crippen LogP contribution in [-0.2, 0) is 0 Å². The molecule has 0 amide bonds. The number of oxazole rings is 1. The van der Waals surface area contributed by atoms with E-state index >= 15 is 0 Å². The number of allylic oxidation sites excluding steroid dienone is 1. The molecule has 1 rings (SSSR count). The van der Waals surface area contributed by atoms with Gasteiger partial charge in [0, 0.05) is 0 Å². The standard InChI is InChI=1S/C8H9NO2/c1-3-5-6-7(4-2)11-8(10)9-6/h3-5H,2H2,1H3,(H,9,10). The second kappa shape index (κ2) is 3.05. The second-order valence-electron chi connectivity index (χ2n) is 2.00. The molecule has 1 N–H and O–H groups in total. The monoisotopic (exact) mass is 151 g/mol. The summed E-state index contributed by atoms with van der Waals surface area (Å²) < 4.78 is 4.74. The van der Waals surface area contributed by atoms with Gasteiger partial charge in [-0.2, -0.15) is 0 Å². The van der Waals surface area contributed by atoms with Gasteiger partial charge in [-0.1, -0.05) is 12.7 Å². The Morgan fingerprint density at radius 3 is 2.91 bits per heavy atom. The van der Waals surface area contributed by atoms with Crippen LogP contribution in [0.3, 0.4) is 0 Å². The van der Waals surface area contributed by atoms with Gasteiger partial charge in [-0.15, -0.1) is 0 Å². The van der Waals surface area contributed by atoms with Gasteiger partial charge < -0.3 is 4.42 Å². The largest absolute Gasteiger partial charge is 0.417 e. The van der Waals surface area contributed by atoms with E-state index in [0.29, 0.717) is 11.5 Å². The van der Waals surface area contributed by atoms with Crippen LogP contribution in [0.5, 0.6) is 0 Å². The first kappa shape index (κ1) is 7.60. The van der Waals surface area contributed by atoms with Crippen molar-refractivity contribution in [3.05, 3.63) is 34.7 Å². The Labute approximate surface area is 64.1 Å². The van der Waals surface area contributed by atoms with Crippen LogP contribution in [-0.4, -0.2) is 4.98 Å². The number of aromatic nitrogens is 1. The van der Waals surface area contributed by atoms with E-state index in [1.165, 1.54) is 6.08 Å². The lowest BCUT2D eigenvalue weighted by Gasteiger charge is -1.84. The molecule has 0 radical (unpaired) electrons. The maximum absolute atomic E-state index is 10.6. The molecule has 3 heteroatoms. The first-order valence-electron chi connectivity index (χ1n) is 3.26. The predicted octanol–water partition coefficient (Wildman–Crippen LogP) is 1.64. The highest BCUT2D eigenvalue weighted by atomic mass is 16.4. The molecule has 1 heterocycles. The molecule has 0 atom stereocenters. The van der Waals surface area contributed by atoms with Crippen molar-refractivity contribution in [2.75, 3.05) is 0 Å². The van der Waals surface area contributed by atoms with Crippen molar-refractivity contribution in [2.45, 2.75) is 6.92 Å². The summed E-state index contributed by atoms with van der Waals surface area (Å²) in [6, 6.07) is 0. The van der Waals surface area contributed by atoms with E-state index in [4.69, 9.17) is 4.42 Å². The van der Waals surface area contributed by atoms with Crippen LogP contribution in [0.25, 0.3) is 12.2 Å². The summed E-state index contributed by atoms with van der Waals surface area (Å²) >= 11 is 0. The fraction of sp³-hybridized carbons (Fsp3) is 0.125. The van der Waals surface area contributed by atoms with Crippen molar-refractivity contribution < 1.29 is 4.42 Å². The van der Waals surface area contributed by atoms with Crippen LogP contribution in [0.4, 0.5) is 0 Å². The lowest BCUT2D eigenvalue weighted by Crippen LogP contribution is -1.94. The molecule has 0 fully saturated rings. The summed E-state index contributed by atoms with van der Waals surface area (Å²) in [4.78, 5) is 13.2. The van der Waals surface area contributed by atoms with Crippen LogP contribution >= 0.6 is 0 Å². The Morgan fingerprint density at radius 2 is 2.36 bits per heavy atom. The Balaban J connectivity index is 3.22. The molecule has 1 aromatic rings. The van der Waals surface area contributed by atoms with Gasteiger partial charge in [-0.05, 0) is 19.1 Å². The fourth-order valence-corrected chi connectivity index (χ4v) is 0.794. The van der Waals surface area contributed by atoms with E-state index in [-0.39, 0.29) is 0 Å². The molecule has 0 saturated heterocycles. The van der Waals surface area contributed by atoms with Crippen LogP contribution in [0.15, 0.2) is 21.9 Å². The van der Waals surface area contributed by atoms with Gasteiger partial charge in [0.2, 0.25) is 0 Å². The van der Waals surface area contributed by atoms with E-state index in [0.717, 1.165) is 0 Å². The minimum absolute atomic E-state index is 0.451. The molecule has 0 aromatic carbocycles. The normalized spacial score (nSPS) is 10.6. The summed E-state index contributed by atoms with van der Waals surface area (Å²) in [6.45, 7) is 5.36. The first-order chi connectivity index (χ1) is 5.27. The summed E-state index contributed by atoms with van der Waals surface area (Å²) in [5.74, 6) is 0.0288. The smallest absolute Gasteiger partial charge is 0.408 e. The number of hydrogen-bond donors (Lipinski definition) is 1. The first-order valence-corrected chi connectivity index (χ1v) is 3.26. The molecule has 1 aromatic heterocycles. The molecular weight excluding hydrogens is 142 g/mol. The summed E-state index contributed by atoms with van der Waals surface area (Å²) in [7, 11) is 0. The number of nitrogens with one attached hydrogen (secondary N) is 1. The van der Waals surface area contributed by atoms with Gasteiger partial charge in [0.25, 0.3) is 0 Å². The van der Waals surface area contributed by atoms with Crippen LogP contribution in [0.2, 0.25) is 0 Å². The average Bonchev–Trinajstić information content (AvgIpc) is 2.32. The van der Waals surface area contributed by atoms with E-state index in [1.54, 1.807) is 6.08 Å². The molecule has 58 valence electrons. The van der Waals surface area contributed by atoms with Crippen molar-refractivity contribution in [2.24, 2.45) is 0 Å². The van der Waals surface area contributed by atoms with Gasteiger partial charge >= 0.3 is 5.76 Å². The van der Waals surface area contributed by atoms with E-state index in [2.05, 4.69) is 11.6 Å². The predicted molar refractivity (Wildman–Crippen MR) is 44.1 cm³/mol. The fourth-order valence-electron chi connectivity index (χ4n) is 0.794. The number of rotatable bonds is 2. The van der Waals surface area contributed by atoms with Gasteiger partial charge in [-0.3, -0.25) is 4.98 Å². The molecule has 0 aliphatic carbocycles. The Morgan fingerprint density at radius 1 is 1.64 bits per heavy atom. The van der Waals surface area contributed by atoms with Crippen molar-refractivity contribution >= 4 is 12.2 Å². The van der Waals surface area contributed by atoms with E-state index in [1.807, 2.05) is 13.0 Å². The molecule has 0 bridgehead atoms. The van der Waals surface area contributed by atoms with Gasteiger partial charge in [0.05, 0.1) is 5.69 Å². The third-order valence-corrected chi connectivity index (χ3v) is 1.22. The highest BCUT2D eigenvalue weighted by Crippen LogP contribution is 2.06. The Kier molecular flexibility index (Phi) is 2.11. The minimum atomic E-state index is -0.451. The van der Waals surface area contributed by atoms with Crippen molar-refractivity contribution in [3.63, 3.8) is 0 Å². The maximum atomic E-state index is 10.6. The van der Waals surface area contributed by atoms with Crippen LogP contribution in [0.1, 0.15) is 18.4 Å². The molecule has 3 nitrogen and oxygen atoms in total. The molecule has 0 unspecified atom stereocenters. The quantitative estimate of drug-likeness (QED) is 0.698. The Bertz CT molecular complexity index is 330. The van der Waals surface area contributed by atoms with E-state index < -0.39 is 5.76 Å². The second-order valence-corrected chi connectivity index (χ2v) is 2.00. The SMILES string of the molecule is C=Cc1oc(=O)[nH]c1C=CC. The summed E-state index contributed by atoms with van der Waals surface area (Å²) in [5, 5.41) is 0. The van der Waals surface area contributed by atoms with Gasteiger partial charge in [0.1, 0.15) is 0 Å². The number of aromatic amines is 1. The third-order valence-electron chi connectivity index (χ3n) is 1.22. The van der Waals surface area contributed by atoms with Crippen molar-refractivity contribution in [3.8, 4) is 0 Å². The molecule has 0 aliphatic heterocycles. The highest BCUT2D eigenvalue weighted by Gasteiger charge is 2.00. The van der Waals surface area contributed by atoms with Crippen LogP contribution < -0.4 is 5.76 Å². The van der Waals surface area contributed by atoms with Gasteiger partial charge in [-0.25, -0.2) is 4.79 Å². The lowest BCUT2D eigenvalue weighted by molar-refractivity contribution is 0.507. The van der Waals surface area contributed by atoms with Crippen LogP contribution in [0, 0.1) is 0 Å². The zero-order valence-electron chi connectivity index (χ0n) is 6.26. The molecule has 0 saturated carbocycles. The molecular formula is C8H9NO2. The summed E-state index contributed by atoms with van der Waals surface area (Å²) in [6.07, 6.45) is 5.06. The van der Waals surface area contributed by atoms with Gasteiger partial charge in [0.15, 0.2) is 5.76 Å². The molecule has 0 spiro atoms. The molecule has 0 aliphatic rings. The zero-order valence-corrected chi connectivity index (χ0v) is 6.26. The third kappa shape index (κ3) is 1.49. The number of H-pyrrole nitrogens is 1. The van der Waals surface area contributed by atoms with Crippen molar-refractivity contribution in [1.82, 2.24) is 4.98 Å². The Hall–Kier alpha value is -1.51. The molecule has 11 heavy (non-hydrogen) atoms. The number of hydrogen-bond acceptors (Lipinski definition) is 2. The maximum Gasteiger partial charge on any atom is 0.417 e. The lowest BCUT2D eigenvalue weighted by atomic mass is 10.3. The average molecular weight is 151 g/mol. The minimum Gasteiger partial charge on any atom is -0.408 e. The zero-order chi connectivity index (χ0) is 8.27. The van der Waals surface area contributed by atoms with E-state index in [9.17, 15) is 4.79 Å². The van der Waals surface area contributed by atoms with Crippen molar-refractivity contribution in [1.29, 1.82) is 0 Å². The highest BCUT2D eigenvalue weighted by molar-refractivity contribution is 5.56. The topological polar surface area (TPSA) is 46.0 Å². The summed E-state index contributed by atoms with van der Waals surface area (Å²) in [5.41, 5.74) is 0.660.